The summed E-state index contributed by atoms with van der Waals surface area (Å²) in [7, 11) is 1.75. The molecule has 0 N–H and O–H groups in total. The number of carbonyl (C=O) groups is 3. The van der Waals surface area contributed by atoms with Crippen molar-refractivity contribution in [1.29, 1.82) is 0 Å². The van der Waals surface area contributed by atoms with Crippen molar-refractivity contribution in [3.05, 3.63) is 58.7 Å². The van der Waals surface area contributed by atoms with Gasteiger partial charge in [-0.3, -0.25) is 14.4 Å². The van der Waals surface area contributed by atoms with Crippen molar-refractivity contribution in [3.63, 3.8) is 0 Å². The molecule has 1 amide bonds. The molecule has 4 heteroatoms. The number of ketones is 2. The number of allylic oxidation sites excluding steroid dienone is 4. The standard InChI is InChI=1S/C21H25NO3/c1-14-11-17(23)19(15(2)20(14)25)21(3,4)12-18(24)22(5)13-16-9-7-6-8-10-16/h6-11H,12-13H2,1-5H3. The van der Waals surface area contributed by atoms with E-state index in [0.29, 0.717) is 23.3 Å². The summed E-state index contributed by atoms with van der Waals surface area (Å²) in [5.41, 5.74) is 1.71. The molecule has 1 aromatic rings. The van der Waals surface area contributed by atoms with Crippen LogP contribution in [0.5, 0.6) is 0 Å². The first kappa shape index (κ1) is 18.8. The van der Waals surface area contributed by atoms with Crippen LogP contribution in [0.2, 0.25) is 0 Å². The lowest BCUT2D eigenvalue weighted by Gasteiger charge is -2.31. The van der Waals surface area contributed by atoms with Crippen LogP contribution < -0.4 is 0 Å². The maximum atomic E-state index is 12.7. The number of benzene rings is 1. The molecule has 1 aliphatic carbocycles. The summed E-state index contributed by atoms with van der Waals surface area (Å²) < 4.78 is 0. The van der Waals surface area contributed by atoms with E-state index in [1.54, 1.807) is 25.8 Å². The Labute approximate surface area is 149 Å². The molecule has 0 heterocycles. The van der Waals surface area contributed by atoms with Gasteiger partial charge in [-0.05, 0) is 25.5 Å². The third-order valence-electron chi connectivity index (χ3n) is 4.63. The lowest BCUT2D eigenvalue weighted by atomic mass is 9.73. The van der Waals surface area contributed by atoms with Gasteiger partial charge >= 0.3 is 0 Å². The number of hydrogen-bond acceptors (Lipinski definition) is 3. The summed E-state index contributed by atoms with van der Waals surface area (Å²) in [6.07, 6.45) is 1.56. The second-order valence-corrected chi connectivity index (χ2v) is 7.32. The molecule has 0 unspecified atom stereocenters. The highest BCUT2D eigenvalue weighted by atomic mass is 16.2. The molecule has 0 atom stereocenters. The van der Waals surface area contributed by atoms with E-state index < -0.39 is 5.41 Å². The predicted octanol–water partition coefficient (Wildman–Crippen LogP) is 3.48. The highest BCUT2D eigenvalue weighted by molar-refractivity contribution is 6.22. The maximum absolute atomic E-state index is 12.7. The van der Waals surface area contributed by atoms with Gasteiger partial charge in [0.25, 0.3) is 0 Å². The van der Waals surface area contributed by atoms with Crippen LogP contribution in [0, 0.1) is 5.41 Å². The molecular formula is C21H25NO3. The van der Waals surface area contributed by atoms with Crippen molar-refractivity contribution in [2.24, 2.45) is 5.41 Å². The van der Waals surface area contributed by atoms with Gasteiger partial charge in [-0.15, -0.1) is 0 Å². The molecule has 0 saturated carbocycles. The van der Waals surface area contributed by atoms with Crippen LogP contribution in [0.4, 0.5) is 0 Å². The van der Waals surface area contributed by atoms with Crippen LogP contribution in [0.1, 0.15) is 39.7 Å². The summed E-state index contributed by atoms with van der Waals surface area (Å²) >= 11 is 0. The van der Waals surface area contributed by atoms with Gasteiger partial charge in [0.05, 0.1) is 0 Å². The third-order valence-corrected chi connectivity index (χ3v) is 4.63. The van der Waals surface area contributed by atoms with Crippen molar-refractivity contribution in [2.45, 2.75) is 40.7 Å². The molecule has 4 nitrogen and oxygen atoms in total. The van der Waals surface area contributed by atoms with Gasteiger partial charge < -0.3 is 4.90 Å². The quantitative estimate of drug-likeness (QED) is 0.772. The highest BCUT2D eigenvalue weighted by Crippen LogP contribution is 2.37. The Bertz CT molecular complexity index is 770. The molecule has 25 heavy (non-hydrogen) atoms. The van der Waals surface area contributed by atoms with Gasteiger partial charge in [0.2, 0.25) is 5.91 Å². The lowest BCUT2D eigenvalue weighted by molar-refractivity contribution is -0.132. The van der Waals surface area contributed by atoms with E-state index in [4.69, 9.17) is 0 Å². The fourth-order valence-corrected chi connectivity index (χ4v) is 3.32. The molecule has 132 valence electrons. The van der Waals surface area contributed by atoms with Gasteiger partial charge in [0, 0.05) is 42.1 Å². The fourth-order valence-electron chi connectivity index (χ4n) is 3.32. The Kier molecular flexibility index (Phi) is 5.41. The number of carbonyl (C=O) groups excluding carboxylic acids is 3. The predicted molar refractivity (Wildman–Crippen MR) is 97.8 cm³/mol. The van der Waals surface area contributed by atoms with E-state index in [1.165, 1.54) is 6.08 Å². The maximum Gasteiger partial charge on any atom is 0.223 e. The Morgan fingerprint density at radius 2 is 1.68 bits per heavy atom. The molecule has 0 spiro atoms. The normalized spacial score (nSPS) is 15.3. The van der Waals surface area contributed by atoms with Crippen LogP contribution in [-0.2, 0) is 20.9 Å². The smallest absolute Gasteiger partial charge is 0.223 e. The zero-order valence-electron chi connectivity index (χ0n) is 15.6. The van der Waals surface area contributed by atoms with Crippen LogP contribution in [0.15, 0.2) is 53.1 Å². The van der Waals surface area contributed by atoms with Crippen molar-refractivity contribution >= 4 is 17.5 Å². The SMILES string of the molecule is CC1=CC(=O)C(C(C)(C)CC(=O)N(C)Cc2ccccc2)=C(C)C1=O. The van der Waals surface area contributed by atoms with Gasteiger partial charge in [-0.25, -0.2) is 0 Å². The van der Waals surface area contributed by atoms with E-state index in [0.717, 1.165) is 5.56 Å². The third kappa shape index (κ3) is 4.13. The Morgan fingerprint density at radius 3 is 2.28 bits per heavy atom. The first-order chi connectivity index (χ1) is 11.6. The van der Waals surface area contributed by atoms with E-state index in [9.17, 15) is 14.4 Å². The lowest BCUT2D eigenvalue weighted by Crippen LogP contribution is -2.34. The number of amides is 1. The summed E-state index contributed by atoms with van der Waals surface area (Å²) in [5.74, 6) is -0.341. The van der Waals surface area contributed by atoms with Crippen molar-refractivity contribution in [3.8, 4) is 0 Å². The second-order valence-electron chi connectivity index (χ2n) is 7.32. The average molecular weight is 339 g/mol. The second kappa shape index (κ2) is 7.18. The molecular weight excluding hydrogens is 314 g/mol. The summed E-state index contributed by atoms with van der Waals surface area (Å²) in [6.45, 7) is 7.53. The number of Topliss-reactive ketones (excluding diaryl/α,β-unsaturated/α-hetero) is 1. The average Bonchev–Trinajstić information content (AvgIpc) is 2.52. The molecule has 0 aromatic heterocycles. The van der Waals surface area contributed by atoms with Gasteiger partial charge in [0.1, 0.15) is 0 Å². The van der Waals surface area contributed by atoms with Crippen LogP contribution in [0.3, 0.4) is 0 Å². The molecule has 1 aliphatic rings. The number of hydrogen-bond donors (Lipinski definition) is 0. The topological polar surface area (TPSA) is 54.5 Å². The van der Waals surface area contributed by atoms with Crippen LogP contribution in [0.25, 0.3) is 0 Å². The Balaban J connectivity index is 2.16. The minimum atomic E-state index is -0.698. The fraction of sp³-hybridized carbons (Fsp3) is 0.381. The largest absolute Gasteiger partial charge is 0.341 e. The van der Waals surface area contributed by atoms with Crippen molar-refractivity contribution < 1.29 is 14.4 Å². The summed E-state index contributed by atoms with van der Waals surface area (Å²) in [5, 5.41) is 0. The molecule has 0 bridgehead atoms. The zero-order valence-corrected chi connectivity index (χ0v) is 15.6. The molecule has 0 fully saturated rings. The monoisotopic (exact) mass is 339 g/mol. The first-order valence-corrected chi connectivity index (χ1v) is 8.40. The van der Waals surface area contributed by atoms with Crippen LogP contribution in [-0.4, -0.2) is 29.4 Å². The summed E-state index contributed by atoms with van der Waals surface area (Å²) in [4.78, 5) is 39.0. The number of nitrogens with zero attached hydrogens (tertiary/aromatic N) is 1. The Hall–Kier alpha value is -2.49. The van der Waals surface area contributed by atoms with Gasteiger partial charge in [-0.1, -0.05) is 44.2 Å². The van der Waals surface area contributed by atoms with Crippen LogP contribution >= 0.6 is 0 Å². The van der Waals surface area contributed by atoms with E-state index in [-0.39, 0.29) is 23.9 Å². The van der Waals surface area contributed by atoms with Crippen molar-refractivity contribution in [2.75, 3.05) is 7.05 Å². The van der Waals surface area contributed by atoms with E-state index >= 15 is 0 Å². The van der Waals surface area contributed by atoms with Gasteiger partial charge in [0.15, 0.2) is 11.6 Å². The minimum Gasteiger partial charge on any atom is -0.341 e. The zero-order chi connectivity index (χ0) is 18.8. The molecule has 0 radical (unpaired) electrons. The van der Waals surface area contributed by atoms with E-state index in [1.807, 2.05) is 44.2 Å². The van der Waals surface area contributed by atoms with Crippen molar-refractivity contribution in [1.82, 2.24) is 4.90 Å². The highest BCUT2D eigenvalue weighted by Gasteiger charge is 2.36. The number of rotatable bonds is 5. The van der Waals surface area contributed by atoms with Gasteiger partial charge in [-0.2, -0.15) is 0 Å². The molecule has 0 saturated heterocycles. The summed E-state index contributed by atoms with van der Waals surface area (Å²) in [6, 6.07) is 9.75. The van der Waals surface area contributed by atoms with E-state index in [2.05, 4.69) is 0 Å². The Morgan fingerprint density at radius 1 is 1.08 bits per heavy atom. The molecule has 1 aromatic carbocycles. The first-order valence-electron chi connectivity index (χ1n) is 8.40. The molecule has 2 rings (SSSR count). The molecule has 0 aliphatic heterocycles. The minimum absolute atomic E-state index is 0.0549.